The molecule has 0 N–H and O–H groups in total. The van der Waals surface area contributed by atoms with Gasteiger partial charge in [-0.25, -0.2) is 0 Å². The number of hydrogen-bond donors (Lipinski definition) is 0. The molecular weight excluding hydrogens is 250 g/mol. The average Bonchev–Trinajstić information content (AvgIpc) is 2.48. The second-order valence-corrected chi connectivity index (χ2v) is 6.46. The topological polar surface area (TPSA) is 19.0 Å². The summed E-state index contributed by atoms with van der Waals surface area (Å²) in [6.45, 7) is 17.3. The summed E-state index contributed by atoms with van der Waals surface area (Å²) in [6, 6.07) is 0.830. The van der Waals surface area contributed by atoms with Gasteiger partial charge >= 0.3 is 0 Å². The van der Waals surface area contributed by atoms with Crippen molar-refractivity contribution in [2.24, 2.45) is 0 Å². The molecule has 0 atom stereocenters. The maximum Gasteiger partial charge on any atom is 0.0596 e. The van der Waals surface area contributed by atoms with Crippen LogP contribution in [0.2, 0.25) is 0 Å². The molecule has 0 aromatic heterocycles. The van der Waals surface area contributed by atoms with Gasteiger partial charge in [0.1, 0.15) is 0 Å². The fraction of sp³-hybridized carbons (Fsp3) is 1.00. The van der Waals surface area contributed by atoms with Gasteiger partial charge in [-0.05, 0) is 46.3 Å². The number of likely N-dealkylation sites (N-methyl/N-ethyl adjacent to an activating group) is 1. The lowest BCUT2D eigenvalue weighted by atomic mass is 10.0. The molecule has 20 heavy (non-hydrogen) atoms. The Kier molecular flexibility index (Phi) is 6.75. The van der Waals surface area contributed by atoms with Crippen molar-refractivity contribution in [3.05, 3.63) is 0 Å². The normalized spacial score (nSPS) is 24.6. The molecule has 2 heterocycles. The molecule has 0 saturated carbocycles. The molecule has 0 unspecified atom stereocenters. The predicted octanol–water partition coefficient (Wildman–Crippen LogP) is 1.51. The summed E-state index contributed by atoms with van der Waals surface area (Å²) in [5, 5.41) is 0. The minimum Gasteiger partial charge on any atom is -0.377 e. The van der Waals surface area contributed by atoms with Crippen LogP contribution >= 0.6 is 0 Å². The number of rotatable bonds is 6. The zero-order valence-electron chi connectivity index (χ0n) is 13.7. The van der Waals surface area contributed by atoms with E-state index in [1.807, 2.05) is 0 Å². The summed E-state index contributed by atoms with van der Waals surface area (Å²) in [7, 11) is 0. The van der Waals surface area contributed by atoms with Gasteiger partial charge in [0.05, 0.1) is 12.7 Å². The van der Waals surface area contributed by atoms with E-state index in [1.54, 1.807) is 0 Å². The lowest BCUT2D eigenvalue weighted by molar-refractivity contribution is 0.0333. The van der Waals surface area contributed by atoms with Crippen molar-refractivity contribution in [2.45, 2.75) is 45.8 Å². The quantitative estimate of drug-likeness (QED) is 0.735. The highest BCUT2D eigenvalue weighted by Gasteiger charge is 2.26. The van der Waals surface area contributed by atoms with Crippen molar-refractivity contribution in [1.29, 1.82) is 0 Å². The maximum absolute atomic E-state index is 5.65. The fourth-order valence-corrected chi connectivity index (χ4v) is 3.37. The van der Waals surface area contributed by atoms with Gasteiger partial charge in [-0.2, -0.15) is 0 Å². The Balaban J connectivity index is 1.62. The molecule has 0 amide bonds. The van der Waals surface area contributed by atoms with Gasteiger partial charge < -0.3 is 14.5 Å². The Morgan fingerprint density at radius 3 is 2.15 bits per heavy atom. The van der Waals surface area contributed by atoms with E-state index < -0.39 is 0 Å². The van der Waals surface area contributed by atoms with Gasteiger partial charge in [0.25, 0.3) is 0 Å². The molecule has 0 bridgehead atoms. The van der Waals surface area contributed by atoms with Crippen LogP contribution in [0.15, 0.2) is 0 Å². The molecular formula is C16H33N3O. The van der Waals surface area contributed by atoms with E-state index in [0.29, 0.717) is 6.10 Å². The zero-order valence-corrected chi connectivity index (χ0v) is 13.7. The SMILES string of the molecule is CCN1CCN(C2CCN(CCOC(C)C)CC2)CC1. The lowest BCUT2D eigenvalue weighted by Crippen LogP contribution is -2.53. The first-order chi connectivity index (χ1) is 9.69. The van der Waals surface area contributed by atoms with Crippen LogP contribution in [0.1, 0.15) is 33.6 Å². The van der Waals surface area contributed by atoms with Crippen LogP contribution < -0.4 is 0 Å². The highest BCUT2D eigenvalue weighted by Crippen LogP contribution is 2.18. The third-order valence-electron chi connectivity index (χ3n) is 4.79. The van der Waals surface area contributed by atoms with Crippen LogP contribution in [0, 0.1) is 0 Å². The number of ether oxygens (including phenoxy) is 1. The molecule has 4 heteroatoms. The molecule has 0 aliphatic carbocycles. The first-order valence-corrected chi connectivity index (χ1v) is 8.49. The molecule has 0 radical (unpaired) electrons. The summed E-state index contributed by atoms with van der Waals surface area (Å²) >= 11 is 0. The number of piperidine rings is 1. The monoisotopic (exact) mass is 283 g/mol. The predicted molar refractivity (Wildman–Crippen MR) is 84.2 cm³/mol. The molecule has 2 aliphatic heterocycles. The Labute approximate surface area is 125 Å². The molecule has 4 nitrogen and oxygen atoms in total. The fourth-order valence-electron chi connectivity index (χ4n) is 3.37. The van der Waals surface area contributed by atoms with Crippen LogP contribution in [0.4, 0.5) is 0 Å². The van der Waals surface area contributed by atoms with Gasteiger partial charge in [0.2, 0.25) is 0 Å². The first-order valence-electron chi connectivity index (χ1n) is 8.49. The molecule has 2 aliphatic rings. The van der Waals surface area contributed by atoms with Crippen molar-refractivity contribution >= 4 is 0 Å². The van der Waals surface area contributed by atoms with Gasteiger partial charge in [0, 0.05) is 38.8 Å². The van der Waals surface area contributed by atoms with Gasteiger partial charge in [-0.15, -0.1) is 0 Å². The second kappa shape index (κ2) is 8.32. The van der Waals surface area contributed by atoms with E-state index in [2.05, 4.69) is 35.5 Å². The van der Waals surface area contributed by atoms with Gasteiger partial charge in [-0.3, -0.25) is 4.90 Å². The number of piperazine rings is 1. The van der Waals surface area contributed by atoms with Crippen molar-refractivity contribution in [3.63, 3.8) is 0 Å². The van der Waals surface area contributed by atoms with E-state index in [0.717, 1.165) is 19.2 Å². The van der Waals surface area contributed by atoms with E-state index >= 15 is 0 Å². The minimum atomic E-state index is 0.363. The highest BCUT2D eigenvalue weighted by atomic mass is 16.5. The van der Waals surface area contributed by atoms with Gasteiger partial charge in [-0.1, -0.05) is 6.92 Å². The molecule has 2 saturated heterocycles. The van der Waals surface area contributed by atoms with E-state index in [9.17, 15) is 0 Å². The third-order valence-corrected chi connectivity index (χ3v) is 4.79. The van der Waals surface area contributed by atoms with Gasteiger partial charge in [0.15, 0.2) is 0 Å². The van der Waals surface area contributed by atoms with Crippen molar-refractivity contribution in [1.82, 2.24) is 14.7 Å². The number of nitrogens with zero attached hydrogens (tertiary/aromatic N) is 3. The van der Waals surface area contributed by atoms with Crippen LogP contribution in [-0.4, -0.2) is 85.8 Å². The lowest BCUT2D eigenvalue weighted by Gasteiger charge is -2.42. The second-order valence-electron chi connectivity index (χ2n) is 6.46. The van der Waals surface area contributed by atoms with Crippen molar-refractivity contribution in [2.75, 3.05) is 59.0 Å². The van der Waals surface area contributed by atoms with Crippen LogP contribution in [0.3, 0.4) is 0 Å². The van der Waals surface area contributed by atoms with Crippen molar-refractivity contribution < 1.29 is 4.74 Å². The molecule has 118 valence electrons. The van der Waals surface area contributed by atoms with Crippen molar-refractivity contribution in [3.8, 4) is 0 Å². The Morgan fingerprint density at radius 1 is 0.950 bits per heavy atom. The average molecular weight is 283 g/mol. The smallest absolute Gasteiger partial charge is 0.0596 e. The first kappa shape index (κ1) is 16.2. The standard InChI is InChI=1S/C16H33N3O/c1-4-17-9-11-19(12-10-17)16-5-7-18(8-6-16)13-14-20-15(2)3/h15-16H,4-14H2,1-3H3. The zero-order chi connectivity index (χ0) is 14.4. The minimum absolute atomic E-state index is 0.363. The van der Waals surface area contributed by atoms with E-state index in [4.69, 9.17) is 4.74 Å². The maximum atomic E-state index is 5.65. The number of hydrogen-bond acceptors (Lipinski definition) is 4. The Hall–Kier alpha value is -0.160. The third kappa shape index (κ3) is 4.99. The largest absolute Gasteiger partial charge is 0.377 e. The summed E-state index contributed by atoms with van der Waals surface area (Å²) in [6.07, 6.45) is 3.05. The molecule has 0 spiro atoms. The van der Waals surface area contributed by atoms with E-state index in [-0.39, 0.29) is 0 Å². The molecule has 0 aromatic carbocycles. The molecule has 0 aromatic rings. The molecule has 2 rings (SSSR count). The van der Waals surface area contributed by atoms with Crippen LogP contribution in [0.5, 0.6) is 0 Å². The Bertz CT molecular complexity index is 256. The molecule has 2 fully saturated rings. The van der Waals surface area contributed by atoms with E-state index in [1.165, 1.54) is 58.7 Å². The summed E-state index contributed by atoms with van der Waals surface area (Å²) in [5.74, 6) is 0. The summed E-state index contributed by atoms with van der Waals surface area (Å²) in [4.78, 5) is 7.87. The highest BCUT2D eigenvalue weighted by molar-refractivity contribution is 4.83. The number of likely N-dealkylation sites (tertiary alicyclic amines) is 1. The summed E-state index contributed by atoms with van der Waals surface area (Å²) in [5.41, 5.74) is 0. The van der Waals surface area contributed by atoms with Crippen LogP contribution in [-0.2, 0) is 4.74 Å². The Morgan fingerprint density at radius 2 is 1.60 bits per heavy atom. The summed E-state index contributed by atoms with van der Waals surface area (Å²) < 4.78 is 5.65. The van der Waals surface area contributed by atoms with Crippen LogP contribution in [0.25, 0.3) is 0 Å².